The highest BCUT2D eigenvalue weighted by Gasteiger charge is 2.40. The first-order chi connectivity index (χ1) is 14.9. The summed E-state index contributed by atoms with van der Waals surface area (Å²) in [6.45, 7) is 1.40. The maximum absolute atomic E-state index is 13.4. The number of anilines is 2. The number of carbonyl (C=O) groups excluding carboxylic acids is 3. The van der Waals surface area contributed by atoms with E-state index in [1.165, 1.54) is 43.0 Å². The highest BCUT2D eigenvalue weighted by Crippen LogP contribution is 2.41. The lowest BCUT2D eigenvalue weighted by atomic mass is 10.1. The van der Waals surface area contributed by atoms with Crippen LogP contribution in [0.2, 0.25) is 0 Å². The zero-order valence-electron chi connectivity index (χ0n) is 16.5. The number of halogens is 1. The summed E-state index contributed by atoms with van der Waals surface area (Å²) in [4.78, 5) is 40.1. The molecule has 1 N–H and O–H groups in total. The van der Waals surface area contributed by atoms with Crippen LogP contribution in [0.15, 0.2) is 88.7 Å². The van der Waals surface area contributed by atoms with Gasteiger partial charge in [0.05, 0.1) is 16.2 Å². The van der Waals surface area contributed by atoms with Crippen molar-refractivity contribution in [1.29, 1.82) is 0 Å². The van der Waals surface area contributed by atoms with E-state index >= 15 is 0 Å². The molecule has 5 nitrogen and oxygen atoms in total. The molecule has 0 aliphatic carbocycles. The first-order valence-electron chi connectivity index (χ1n) is 9.43. The lowest BCUT2D eigenvalue weighted by Gasteiger charge is -2.16. The number of nitrogens with zero attached hydrogens (tertiary/aromatic N) is 1. The van der Waals surface area contributed by atoms with Gasteiger partial charge in [0.2, 0.25) is 5.91 Å². The second-order valence-electron chi connectivity index (χ2n) is 6.80. The van der Waals surface area contributed by atoms with Crippen molar-refractivity contribution in [3.05, 3.63) is 95.1 Å². The number of thioether (sulfide) groups is 1. The van der Waals surface area contributed by atoms with Gasteiger partial charge in [-0.05, 0) is 54.1 Å². The van der Waals surface area contributed by atoms with Gasteiger partial charge in [-0.2, -0.15) is 0 Å². The topological polar surface area (TPSA) is 66.5 Å². The van der Waals surface area contributed by atoms with E-state index in [0.717, 1.165) is 9.80 Å². The Bertz CT molecular complexity index is 1190. The Hall–Kier alpha value is -3.71. The van der Waals surface area contributed by atoms with Gasteiger partial charge in [-0.1, -0.05) is 42.1 Å². The van der Waals surface area contributed by atoms with Gasteiger partial charge in [0.1, 0.15) is 5.82 Å². The van der Waals surface area contributed by atoms with Crippen LogP contribution in [-0.4, -0.2) is 17.7 Å². The predicted molar refractivity (Wildman–Crippen MR) is 119 cm³/mol. The normalized spacial score (nSPS) is 13.7. The van der Waals surface area contributed by atoms with Crippen LogP contribution >= 0.6 is 11.8 Å². The molecule has 1 heterocycles. The molecule has 0 spiro atoms. The van der Waals surface area contributed by atoms with E-state index in [9.17, 15) is 18.8 Å². The molecular formula is C24H17FN2O3S. The minimum Gasteiger partial charge on any atom is -0.326 e. The molecule has 0 bridgehead atoms. The Morgan fingerprint density at radius 2 is 1.52 bits per heavy atom. The quantitative estimate of drug-likeness (QED) is 0.585. The van der Waals surface area contributed by atoms with Crippen molar-refractivity contribution in [1.82, 2.24) is 0 Å². The molecule has 0 atom stereocenters. The number of amides is 3. The molecule has 0 saturated carbocycles. The van der Waals surface area contributed by atoms with Gasteiger partial charge in [-0.15, -0.1) is 0 Å². The monoisotopic (exact) mass is 432 g/mol. The molecular weight excluding hydrogens is 415 g/mol. The van der Waals surface area contributed by atoms with Gasteiger partial charge in [0.15, 0.2) is 0 Å². The van der Waals surface area contributed by atoms with E-state index in [2.05, 4.69) is 5.32 Å². The number of nitrogens with one attached hydrogen (secondary N) is 1. The first kappa shape index (κ1) is 20.6. The Kier molecular flexibility index (Phi) is 5.68. The van der Waals surface area contributed by atoms with Crippen molar-refractivity contribution in [2.75, 3.05) is 10.2 Å². The zero-order chi connectivity index (χ0) is 22.0. The minimum atomic E-state index is -0.484. The van der Waals surface area contributed by atoms with Gasteiger partial charge < -0.3 is 5.32 Å². The molecule has 1 aliphatic heterocycles. The lowest BCUT2D eigenvalue weighted by Crippen LogP contribution is -2.31. The van der Waals surface area contributed by atoms with E-state index in [1.807, 2.05) is 30.3 Å². The number of hydrogen-bond acceptors (Lipinski definition) is 4. The van der Waals surface area contributed by atoms with Gasteiger partial charge >= 0.3 is 0 Å². The molecule has 0 saturated heterocycles. The van der Waals surface area contributed by atoms with Crippen LogP contribution in [0.3, 0.4) is 0 Å². The summed E-state index contributed by atoms with van der Waals surface area (Å²) in [6, 6.07) is 21.2. The molecule has 3 amide bonds. The van der Waals surface area contributed by atoms with E-state index in [-0.39, 0.29) is 16.4 Å². The number of rotatable bonds is 5. The smallest absolute Gasteiger partial charge is 0.272 e. The Labute approximate surface area is 182 Å². The van der Waals surface area contributed by atoms with Gasteiger partial charge in [-0.3, -0.25) is 14.4 Å². The highest BCUT2D eigenvalue weighted by molar-refractivity contribution is 8.04. The van der Waals surface area contributed by atoms with Crippen LogP contribution in [0.4, 0.5) is 15.8 Å². The van der Waals surface area contributed by atoms with Crippen LogP contribution in [0.1, 0.15) is 12.5 Å². The van der Waals surface area contributed by atoms with E-state index in [0.29, 0.717) is 16.9 Å². The summed E-state index contributed by atoms with van der Waals surface area (Å²) in [7, 11) is 0. The van der Waals surface area contributed by atoms with Gasteiger partial charge in [-0.25, -0.2) is 9.29 Å². The first-order valence-corrected chi connectivity index (χ1v) is 10.3. The second-order valence-corrected chi connectivity index (χ2v) is 7.88. The van der Waals surface area contributed by atoms with Crippen LogP contribution < -0.4 is 10.2 Å². The molecule has 0 aromatic heterocycles. The third-order valence-corrected chi connectivity index (χ3v) is 5.67. The van der Waals surface area contributed by atoms with Crippen molar-refractivity contribution >= 4 is 46.4 Å². The Morgan fingerprint density at radius 1 is 0.871 bits per heavy atom. The summed E-state index contributed by atoms with van der Waals surface area (Å²) in [6.07, 6.45) is 0. The SMILES string of the molecule is CC(=O)Nc1ccc(N2C(=O)C(Sc3ccccc3)=C(c3ccc(F)cc3)C2=O)cc1. The van der Waals surface area contributed by atoms with Crippen molar-refractivity contribution in [2.45, 2.75) is 11.8 Å². The molecule has 31 heavy (non-hydrogen) atoms. The summed E-state index contributed by atoms with van der Waals surface area (Å²) in [5.41, 5.74) is 1.63. The average molecular weight is 432 g/mol. The fraction of sp³-hybridized carbons (Fsp3) is 0.0417. The lowest BCUT2D eigenvalue weighted by molar-refractivity contribution is -0.120. The molecule has 1 aliphatic rings. The number of hydrogen-bond donors (Lipinski definition) is 1. The Balaban J connectivity index is 1.74. The van der Waals surface area contributed by atoms with Crippen LogP contribution in [0, 0.1) is 5.82 Å². The van der Waals surface area contributed by atoms with E-state index in [1.54, 1.807) is 24.3 Å². The Morgan fingerprint density at radius 3 is 2.13 bits per heavy atom. The standard InChI is InChI=1S/C24H17FN2O3S/c1-15(28)26-18-11-13-19(14-12-18)27-23(29)21(16-7-9-17(25)10-8-16)22(24(27)30)31-20-5-3-2-4-6-20/h2-14H,1H3,(H,26,28). The van der Waals surface area contributed by atoms with E-state index < -0.39 is 17.6 Å². The minimum absolute atomic E-state index is 0.220. The fourth-order valence-electron chi connectivity index (χ4n) is 3.21. The van der Waals surface area contributed by atoms with Crippen molar-refractivity contribution in [3.63, 3.8) is 0 Å². The maximum atomic E-state index is 13.4. The molecule has 3 aromatic rings. The number of benzene rings is 3. The molecule has 4 rings (SSSR count). The van der Waals surface area contributed by atoms with Crippen LogP contribution in [0.5, 0.6) is 0 Å². The molecule has 0 fully saturated rings. The van der Waals surface area contributed by atoms with Crippen molar-refractivity contribution in [3.8, 4) is 0 Å². The molecule has 0 unspecified atom stereocenters. The summed E-state index contributed by atoms with van der Waals surface area (Å²) < 4.78 is 13.4. The van der Waals surface area contributed by atoms with Crippen molar-refractivity contribution in [2.24, 2.45) is 0 Å². The van der Waals surface area contributed by atoms with E-state index in [4.69, 9.17) is 0 Å². The van der Waals surface area contributed by atoms with Crippen molar-refractivity contribution < 1.29 is 18.8 Å². The number of carbonyl (C=O) groups is 3. The summed E-state index contributed by atoms with van der Waals surface area (Å²) >= 11 is 1.20. The largest absolute Gasteiger partial charge is 0.326 e. The molecule has 0 radical (unpaired) electrons. The summed E-state index contributed by atoms with van der Waals surface area (Å²) in [5.74, 6) is -1.58. The van der Waals surface area contributed by atoms with Gasteiger partial charge in [0.25, 0.3) is 11.8 Å². The van der Waals surface area contributed by atoms with Gasteiger partial charge in [0, 0.05) is 17.5 Å². The zero-order valence-corrected chi connectivity index (χ0v) is 17.3. The second kappa shape index (κ2) is 8.57. The fourth-order valence-corrected chi connectivity index (χ4v) is 4.23. The predicted octanol–water partition coefficient (Wildman–Crippen LogP) is 4.86. The third kappa shape index (κ3) is 4.27. The third-order valence-electron chi connectivity index (χ3n) is 4.58. The van der Waals surface area contributed by atoms with Crippen LogP contribution in [0.25, 0.3) is 5.57 Å². The number of imide groups is 1. The summed E-state index contributed by atoms with van der Waals surface area (Å²) in [5, 5.41) is 2.65. The maximum Gasteiger partial charge on any atom is 0.272 e. The molecule has 154 valence electrons. The average Bonchev–Trinajstić information content (AvgIpc) is 2.99. The molecule has 3 aromatic carbocycles. The molecule has 7 heteroatoms. The van der Waals surface area contributed by atoms with Crippen LogP contribution in [-0.2, 0) is 14.4 Å². The highest BCUT2D eigenvalue weighted by atomic mass is 32.2.